The summed E-state index contributed by atoms with van der Waals surface area (Å²) in [6, 6.07) is 4.19. The van der Waals surface area contributed by atoms with Crippen molar-refractivity contribution in [3.05, 3.63) is 51.9 Å². The number of hydrogen-bond donors (Lipinski definition) is 2. The first-order valence-electron chi connectivity index (χ1n) is 5.62. The highest BCUT2D eigenvalue weighted by Gasteiger charge is 2.17. The Balaban J connectivity index is 2.23. The molecule has 1 atom stereocenters. The van der Waals surface area contributed by atoms with Gasteiger partial charge in [0.1, 0.15) is 17.4 Å². The lowest BCUT2D eigenvalue weighted by Crippen LogP contribution is -2.08. The fourth-order valence-corrected chi connectivity index (χ4v) is 2.19. The van der Waals surface area contributed by atoms with E-state index in [1.54, 1.807) is 6.92 Å². The molecule has 20 heavy (non-hydrogen) atoms. The lowest BCUT2D eigenvalue weighted by Gasteiger charge is -2.15. The number of furan rings is 1. The number of carboxylic acid groups (broad SMARTS) is 1. The monoisotopic (exact) mass is 345 g/mol. The summed E-state index contributed by atoms with van der Waals surface area (Å²) in [7, 11) is 0. The van der Waals surface area contributed by atoms with E-state index in [4.69, 9.17) is 9.52 Å². The number of carbonyl (C=O) groups is 1. The van der Waals surface area contributed by atoms with Gasteiger partial charge in [0.05, 0.1) is 11.7 Å². The third-order valence-electron chi connectivity index (χ3n) is 2.63. The molecule has 1 heterocycles. The molecule has 2 N–H and O–H groups in total. The van der Waals surface area contributed by atoms with Crippen LogP contribution in [0.15, 0.2) is 33.2 Å². The van der Waals surface area contributed by atoms with Crippen LogP contribution in [-0.4, -0.2) is 11.1 Å². The molecule has 0 aliphatic heterocycles. The maximum atomic E-state index is 13.7. The van der Waals surface area contributed by atoms with E-state index in [2.05, 4.69) is 21.2 Å². The maximum Gasteiger partial charge on any atom is 0.371 e. The van der Waals surface area contributed by atoms with Crippen molar-refractivity contribution in [1.82, 2.24) is 0 Å². The summed E-state index contributed by atoms with van der Waals surface area (Å²) < 4.78 is 32.0. The number of anilines is 1. The molecule has 1 unspecified atom stereocenters. The normalized spacial score (nSPS) is 12.2. The second-order valence-electron chi connectivity index (χ2n) is 4.12. The molecule has 0 saturated carbocycles. The topological polar surface area (TPSA) is 62.5 Å². The van der Waals surface area contributed by atoms with Gasteiger partial charge in [0.25, 0.3) is 0 Å². The van der Waals surface area contributed by atoms with Crippen LogP contribution in [0.4, 0.5) is 14.5 Å². The Hall–Kier alpha value is -1.89. The van der Waals surface area contributed by atoms with Gasteiger partial charge in [0, 0.05) is 10.5 Å². The van der Waals surface area contributed by atoms with Crippen molar-refractivity contribution in [2.45, 2.75) is 13.0 Å². The predicted octanol–water partition coefficient (Wildman–Crippen LogP) is 4.19. The zero-order chi connectivity index (χ0) is 14.9. The summed E-state index contributed by atoms with van der Waals surface area (Å²) in [6.07, 6.45) is 0. The van der Waals surface area contributed by atoms with Gasteiger partial charge in [-0.05, 0) is 41.1 Å². The van der Waals surface area contributed by atoms with Gasteiger partial charge < -0.3 is 14.8 Å². The summed E-state index contributed by atoms with van der Waals surface area (Å²) in [5, 5.41) is 11.6. The lowest BCUT2D eigenvalue weighted by molar-refractivity contribution is 0.0660. The fraction of sp³-hybridized carbons (Fsp3) is 0.154. The molecule has 0 fully saturated rings. The molecule has 0 aliphatic rings. The van der Waals surface area contributed by atoms with Crippen molar-refractivity contribution in [1.29, 1.82) is 0 Å². The average molecular weight is 346 g/mol. The number of carboxylic acids is 1. The molecule has 7 heteroatoms. The van der Waals surface area contributed by atoms with Gasteiger partial charge in [-0.25, -0.2) is 13.6 Å². The Bertz CT molecular complexity index is 634. The minimum atomic E-state index is -1.18. The first kappa shape index (κ1) is 14.5. The van der Waals surface area contributed by atoms with Crippen LogP contribution in [0.2, 0.25) is 0 Å². The number of aromatic carboxylic acids is 1. The summed E-state index contributed by atoms with van der Waals surface area (Å²) in [6.45, 7) is 1.67. The fourth-order valence-electron chi connectivity index (χ4n) is 1.67. The van der Waals surface area contributed by atoms with Crippen LogP contribution in [0.5, 0.6) is 0 Å². The highest BCUT2D eigenvalue weighted by Crippen LogP contribution is 2.30. The van der Waals surface area contributed by atoms with Crippen molar-refractivity contribution in [3.8, 4) is 0 Å². The van der Waals surface area contributed by atoms with Crippen molar-refractivity contribution >= 4 is 27.6 Å². The molecular formula is C13H10BrF2NO3. The van der Waals surface area contributed by atoms with E-state index in [0.29, 0.717) is 5.76 Å². The Labute approximate surface area is 121 Å². The van der Waals surface area contributed by atoms with Crippen LogP contribution in [0, 0.1) is 11.6 Å². The second-order valence-corrected chi connectivity index (χ2v) is 4.97. The van der Waals surface area contributed by atoms with Crippen LogP contribution in [-0.2, 0) is 0 Å². The number of benzene rings is 1. The van der Waals surface area contributed by atoms with Crippen LogP contribution in [0.1, 0.15) is 29.3 Å². The lowest BCUT2D eigenvalue weighted by atomic mass is 10.2. The maximum absolute atomic E-state index is 13.7. The second kappa shape index (κ2) is 5.62. The Morgan fingerprint density at radius 2 is 2.10 bits per heavy atom. The number of nitrogens with one attached hydrogen (secondary N) is 1. The van der Waals surface area contributed by atoms with E-state index in [0.717, 1.165) is 12.1 Å². The van der Waals surface area contributed by atoms with Gasteiger partial charge in [-0.15, -0.1) is 0 Å². The highest BCUT2D eigenvalue weighted by molar-refractivity contribution is 9.10. The molecular weight excluding hydrogens is 336 g/mol. The van der Waals surface area contributed by atoms with Gasteiger partial charge in [0.15, 0.2) is 0 Å². The van der Waals surface area contributed by atoms with E-state index in [-0.39, 0.29) is 15.9 Å². The highest BCUT2D eigenvalue weighted by atomic mass is 79.9. The molecule has 0 spiro atoms. The Kier molecular flexibility index (Phi) is 4.08. The molecule has 0 bridgehead atoms. The third kappa shape index (κ3) is 2.98. The molecule has 106 valence electrons. The minimum Gasteiger partial charge on any atom is -0.475 e. The molecule has 0 radical (unpaired) electrons. The largest absolute Gasteiger partial charge is 0.475 e. The quantitative estimate of drug-likeness (QED) is 0.871. The first-order chi connectivity index (χ1) is 9.38. The number of rotatable bonds is 4. The van der Waals surface area contributed by atoms with Crippen LogP contribution in [0.25, 0.3) is 0 Å². The first-order valence-corrected chi connectivity index (χ1v) is 6.42. The zero-order valence-corrected chi connectivity index (χ0v) is 11.9. The van der Waals surface area contributed by atoms with Crippen molar-refractivity contribution in [2.24, 2.45) is 0 Å². The van der Waals surface area contributed by atoms with Crippen LogP contribution in [0.3, 0.4) is 0 Å². The molecule has 4 nitrogen and oxygen atoms in total. The van der Waals surface area contributed by atoms with E-state index in [9.17, 15) is 13.6 Å². The Morgan fingerprint density at radius 1 is 1.40 bits per heavy atom. The minimum absolute atomic E-state index is 0.0761. The predicted molar refractivity (Wildman–Crippen MR) is 71.8 cm³/mol. The summed E-state index contributed by atoms with van der Waals surface area (Å²) in [4.78, 5) is 10.7. The molecule has 0 aliphatic carbocycles. The van der Waals surface area contributed by atoms with E-state index in [1.807, 2.05) is 0 Å². The molecule has 2 rings (SSSR count). The molecule has 2 aromatic rings. The van der Waals surface area contributed by atoms with Gasteiger partial charge in [-0.3, -0.25) is 0 Å². The van der Waals surface area contributed by atoms with Crippen molar-refractivity contribution < 1.29 is 23.1 Å². The molecule has 0 amide bonds. The average Bonchev–Trinajstić information content (AvgIpc) is 2.83. The number of hydrogen-bond acceptors (Lipinski definition) is 3. The standard InChI is InChI=1S/C13H10BrF2NO3/c1-6(10-2-3-11(20-10)13(18)19)17-12-8(14)4-7(15)5-9(12)16/h2-6,17H,1H3,(H,18,19). The number of halogens is 3. The molecule has 1 aromatic carbocycles. The summed E-state index contributed by atoms with van der Waals surface area (Å²) >= 11 is 3.06. The van der Waals surface area contributed by atoms with Gasteiger partial charge in [-0.2, -0.15) is 0 Å². The molecule has 1 aromatic heterocycles. The van der Waals surface area contributed by atoms with Gasteiger partial charge in [0.2, 0.25) is 5.76 Å². The Morgan fingerprint density at radius 3 is 2.65 bits per heavy atom. The third-order valence-corrected chi connectivity index (χ3v) is 3.26. The van der Waals surface area contributed by atoms with Gasteiger partial charge in [-0.1, -0.05) is 0 Å². The van der Waals surface area contributed by atoms with Crippen molar-refractivity contribution in [2.75, 3.05) is 5.32 Å². The van der Waals surface area contributed by atoms with E-state index >= 15 is 0 Å². The van der Waals surface area contributed by atoms with E-state index in [1.165, 1.54) is 12.1 Å². The summed E-state index contributed by atoms with van der Waals surface area (Å²) in [5.41, 5.74) is 0.0761. The summed E-state index contributed by atoms with van der Waals surface area (Å²) in [5.74, 6) is -2.50. The van der Waals surface area contributed by atoms with Gasteiger partial charge >= 0.3 is 5.97 Å². The van der Waals surface area contributed by atoms with E-state index < -0.39 is 23.6 Å². The smallest absolute Gasteiger partial charge is 0.371 e. The van der Waals surface area contributed by atoms with Crippen molar-refractivity contribution in [3.63, 3.8) is 0 Å². The van der Waals surface area contributed by atoms with Crippen LogP contribution < -0.4 is 5.32 Å². The van der Waals surface area contributed by atoms with Crippen LogP contribution >= 0.6 is 15.9 Å². The SMILES string of the molecule is CC(Nc1c(F)cc(F)cc1Br)c1ccc(C(=O)O)o1. The molecule has 0 saturated heterocycles. The zero-order valence-electron chi connectivity index (χ0n) is 10.3.